The molecule has 0 spiro atoms. The third-order valence-corrected chi connectivity index (χ3v) is 6.34. The molecule has 2 aromatic carbocycles. The van der Waals surface area contributed by atoms with Crippen molar-refractivity contribution in [3.63, 3.8) is 0 Å². The number of allylic oxidation sites excluding steroid dienone is 1. The topological polar surface area (TPSA) is 61.6 Å². The first-order chi connectivity index (χ1) is 16.9. The van der Waals surface area contributed by atoms with Crippen LogP contribution in [0.25, 0.3) is 17.0 Å². The molecular formula is C29H33Cl2NO4. The number of carbonyl (C=O) groups excluding carboxylic acids is 1. The summed E-state index contributed by atoms with van der Waals surface area (Å²) in [6, 6.07) is 11.1. The summed E-state index contributed by atoms with van der Waals surface area (Å²) in [5.41, 5.74) is 3.41. The molecule has 192 valence electrons. The summed E-state index contributed by atoms with van der Waals surface area (Å²) in [4.78, 5) is 17.0. The Bertz CT molecular complexity index is 1260. The Labute approximate surface area is 223 Å². The molecule has 0 aliphatic carbocycles. The molecule has 0 radical (unpaired) electrons. The lowest BCUT2D eigenvalue weighted by atomic mass is 9.98. The highest BCUT2D eigenvalue weighted by Crippen LogP contribution is 2.34. The van der Waals surface area contributed by atoms with E-state index in [9.17, 15) is 4.79 Å². The fourth-order valence-corrected chi connectivity index (χ4v) is 4.28. The summed E-state index contributed by atoms with van der Waals surface area (Å²) in [5.74, 6) is 1.73. The van der Waals surface area contributed by atoms with Gasteiger partial charge in [0.05, 0.1) is 22.9 Å². The number of nitrogens with zero attached hydrogens (tertiary/aromatic N) is 1. The molecule has 0 saturated heterocycles. The lowest BCUT2D eigenvalue weighted by Crippen LogP contribution is -2.39. The molecule has 0 unspecified atom stereocenters. The fraction of sp³-hybridized carbons (Fsp3) is 0.379. The van der Waals surface area contributed by atoms with Crippen LogP contribution in [0.3, 0.4) is 0 Å². The van der Waals surface area contributed by atoms with E-state index in [0.29, 0.717) is 46.7 Å². The van der Waals surface area contributed by atoms with E-state index in [0.717, 1.165) is 28.2 Å². The van der Waals surface area contributed by atoms with Crippen LogP contribution in [0.2, 0.25) is 10.0 Å². The second-order valence-corrected chi connectivity index (χ2v) is 10.4. The number of ether oxygens (including phenoxy) is 2. The summed E-state index contributed by atoms with van der Waals surface area (Å²) >= 11 is 12.4. The molecule has 3 rings (SSSR count). The summed E-state index contributed by atoms with van der Waals surface area (Å²) in [5, 5.41) is 1.06. The largest absolute Gasteiger partial charge is 0.476 e. The van der Waals surface area contributed by atoms with Gasteiger partial charge in [-0.2, -0.15) is 0 Å². The molecular weight excluding hydrogens is 497 g/mol. The van der Waals surface area contributed by atoms with Gasteiger partial charge in [-0.1, -0.05) is 49.7 Å². The lowest BCUT2D eigenvalue weighted by molar-refractivity contribution is -0.158. The third-order valence-electron chi connectivity index (χ3n) is 5.79. The summed E-state index contributed by atoms with van der Waals surface area (Å²) in [6.07, 6.45) is 1.38. The number of carbonyl (C=O) groups is 1. The Morgan fingerprint density at radius 1 is 1.17 bits per heavy atom. The van der Waals surface area contributed by atoms with E-state index < -0.39 is 11.6 Å². The van der Waals surface area contributed by atoms with Gasteiger partial charge >= 0.3 is 5.97 Å². The van der Waals surface area contributed by atoms with Crippen molar-refractivity contribution in [1.82, 2.24) is 4.98 Å². The van der Waals surface area contributed by atoms with Crippen LogP contribution in [-0.2, 0) is 16.0 Å². The fourth-order valence-electron chi connectivity index (χ4n) is 3.79. The van der Waals surface area contributed by atoms with Gasteiger partial charge in [0.25, 0.3) is 0 Å². The number of hydrogen-bond donors (Lipinski definition) is 0. The molecule has 0 amide bonds. The maximum Gasteiger partial charge on any atom is 0.349 e. The molecule has 7 heteroatoms. The molecule has 0 atom stereocenters. The SMILES string of the molecule is C=C(CCc1nc(-c2ccc(Cl)cc2Cl)oc1C(C)C)c1ccc(OC(C)(C)C(=O)OCC)c(C)c1. The van der Waals surface area contributed by atoms with Crippen molar-refractivity contribution < 1.29 is 18.7 Å². The monoisotopic (exact) mass is 529 g/mol. The zero-order valence-electron chi connectivity index (χ0n) is 21.7. The predicted molar refractivity (Wildman–Crippen MR) is 146 cm³/mol. The van der Waals surface area contributed by atoms with Gasteiger partial charge in [0.2, 0.25) is 5.89 Å². The number of halogens is 2. The number of oxazole rings is 1. The number of esters is 1. The molecule has 0 bridgehead atoms. The summed E-state index contributed by atoms with van der Waals surface area (Å²) < 4.78 is 17.2. The molecule has 0 fully saturated rings. The summed E-state index contributed by atoms with van der Waals surface area (Å²) in [6.45, 7) is 15.9. The molecule has 0 aliphatic heterocycles. The van der Waals surface area contributed by atoms with Crippen LogP contribution in [0.4, 0.5) is 0 Å². The van der Waals surface area contributed by atoms with Crippen LogP contribution in [0.5, 0.6) is 5.75 Å². The van der Waals surface area contributed by atoms with E-state index in [-0.39, 0.29) is 5.92 Å². The van der Waals surface area contributed by atoms with Crippen molar-refractivity contribution in [3.05, 3.63) is 75.6 Å². The molecule has 1 heterocycles. The molecule has 0 N–H and O–H groups in total. The average Bonchev–Trinajstić information content (AvgIpc) is 3.23. The highest BCUT2D eigenvalue weighted by atomic mass is 35.5. The Kier molecular flexibility index (Phi) is 8.91. The minimum absolute atomic E-state index is 0.169. The van der Waals surface area contributed by atoms with Gasteiger partial charge in [0, 0.05) is 10.9 Å². The van der Waals surface area contributed by atoms with E-state index in [1.807, 2.05) is 31.2 Å². The average molecular weight is 530 g/mol. The number of benzene rings is 2. The third kappa shape index (κ3) is 6.51. The normalized spacial score (nSPS) is 11.6. The van der Waals surface area contributed by atoms with Gasteiger partial charge in [-0.15, -0.1) is 0 Å². The molecule has 0 aliphatic rings. The molecule has 0 saturated carbocycles. The van der Waals surface area contributed by atoms with Crippen molar-refractivity contribution in [3.8, 4) is 17.2 Å². The second-order valence-electron chi connectivity index (χ2n) is 9.53. The minimum Gasteiger partial charge on any atom is -0.476 e. The van der Waals surface area contributed by atoms with Crippen LogP contribution < -0.4 is 4.74 Å². The first-order valence-electron chi connectivity index (χ1n) is 12.0. The maximum absolute atomic E-state index is 12.2. The van der Waals surface area contributed by atoms with Crippen LogP contribution >= 0.6 is 23.2 Å². The Balaban J connectivity index is 1.75. The van der Waals surface area contributed by atoms with Gasteiger partial charge in [0.15, 0.2) is 5.60 Å². The van der Waals surface area contributed by atoms with E-state index in [2.05, 4.69) is 20.4 Å². The van der Waals surface area contributed by atoms with E-state index in [1.165, 1.54) is 0 Å². The van der Waals surface area contributed by atoms with Crippen LogP contribution in [-0.4, -0.2) is 23.2 Å². The van der Waals surface area contributed by atoms with E-state index >= 15 is 0 Å². The molecule has 3 aromatic rings. The quantitative estimate of drug-likeness (QED) is 0.246. The number of aromatic nitrogens is 1. The van der Waals surface area contributed by atoms with Crippen molar-refractivity contribution >= 4 is 34.7 Å². The molecule has 1 aromatic heterocycles. The zero-order valence-corrected chi connectivity index (χ0v) is 23.2. The lowest BCUT2D eigenvalue weighted by Gasteiger charge is -2.25. The number of rotatable bonds is 10. The smallest absolute Gasteiger partial charge is 0.349 e. The number of aryl methyl sites for hydroxylation is 2. The van der Waals surface area contributed by atoms with Crippen LogP contribution in [0.1, 0.15) is 69.5 Å². The highest BCUT2D eigenvalue weighted by Gasteiger charge is 2.32. The highest BCUT2D eigenvalue weighted by molar-refractivity contribution is 6.36. The van der Waals surface area contributed by atoms with Gasteiger partial charge < -0.3 is 13.9 Å². The van der Waals surface area contributed by atoms with Gasteiger partial charge in [-0.3, -0.25) is 0 Å². The van der Waals surface area contributed by atoms with Gasteiger partial charge in [-0.25, -0.2) is 9.78 Å². The summed E-state index contributed by atoms with van der Waals surface area (Å²) in [7, 11) is 0. The van der Waals surface area contributed by atoms with Crippen molar-refractivity contribution in [2.24, 2.45) is 0 Å². The van der Waals surface area contributed by atoms with Crippen LogP contribution in [0.15, 0.2) is 47.4 Å². The first kappa shape index (κ1) is 27.8. The standard InChI is InChI=1S/C29H33Cl2NO4/c1-8-34-28(33)29(6,7)36-25-14-10-20(15-19(25)5)18(4)9-13-24-26(17(2)3)35-27(32-24)22-12-11-21(30)16-23(22)31/h10-12,14-17H,4,8-9,13H2,1-3,5-7H3. The van der Waals surface area contributed by atoms with Gasteiger partial charge in [-0.05, 0) is 87.6 Å². The first-order valence-corrected chi connectivity index (χ1v) is 12.8. The van der Waals surface area contributed by atoms with Crippen molar-refractivity contribution in [2.75, 3.05) is 6.61 Å². The second kappa shape index (κ2) is 11.5. The number of hydrogen-bond acceptors (Lipinski definition) is 5. The molecule has 5 nitrogen and oxygen atoms in total. The molecule has 36 heavy (non-hydrogen) atoms. The minimum atomic E-state index is -1.08. The van der Waals surface area contributed by atoms with E-state index in [1.54, 1.807) is 32.9 Å². The maximum atomic E-state index is 12.2. The van der Waals surface area contributed by atoms with Crippen molar-refractivity contribution in [2.45, 2.75) is 65.9 Å². The Hall–Kier alpha value is -2.76. The Morgan fingerprint density at radius 2 is 1.89 bits per heavy atom. The van der Waals surface area contributed by atoms with Gasteiger partial charge in [0.1, 0.15) is 11.5 Å². The van der Waals surface area contributed by atoms with Crippen molar-refractivity contribution in [1.29, 1.82) is 0 Å². The Morgan fingerprint density at radius 3 is 2.50 bits per heavy atom. The zero-order chi connectivity index (χ0) is 26.6. The van der Waals surface area contributed by atoms with Crippen LogP contribution in [0, 0.1) is 6.92 Å². The van der Waals surface area contributed by atoms with E-state index in [4.69, 9.17) is 42.1 Å². The predicted octanol–water partition coefficient (Wildman–Crippen LogP) is 8.45.